The lowest BCUT2D eigenvalue weighted by Gasteiger charge is -2.57. The Kier molecular flexibility index (Phi) is 6.58. The molecule has 0 spiro atoms. The van der Waals surface area contributed by atoms with Gasteiger partial charge in [0.1, 0.15) is 5.60 Å². The van der Waals surface area contributed by atoms with Crippen LogP contribution in [0.3, 0.4) is 0 Å². The lowest BCUT2D eigenvalue weighted by atomic mass is 9.61. The molecule has 0 bridgehead atoms. The number of pyridine rings is 1. The van der Waals surface area contributed by atoms with Crippen molar-refractivity contribution in [1.82, 2.24) is 24.9 Å². The fraction of sp³-hybridized carbons (Fsp3) is 0.548. The van der Waals surface area contributed by atoms with E-state index < -0.39 is 5.60 Å². The number of aliphatic hydroxyl groups is 1. The summed E-state index contributed by atoms with van der Waals surface area (Å²) in [4.78, 5) is 25.3. The predicted octanol–water partition coefficient (Wildman–Crippen LogP) is 4.70. The summed E-state index contributed by atoms with van der Waals surface area (Å²) in [6.07, 6.45) is 7.63. The minimum atomic E-state index is -1.22. The first kappa shape index (κ1) is 26.1. The second-order valence-electron chi connectivity index (χ2n) is 12.4. The first-order valence-electron chi connectivity index (χ1n) is 14.3. The summed E-state index contributed by atoms with van der Waals surface area (Å²) in [6, 6.07) is 11.0. The molecule has 1 saturated carbocycles. The van der Waals surface area contributed by atoms with Crippen molar-refractivity contribution in [3.63, 3.8) is 0 Å². The van der Waals surface area contributed by atoms with Crippen molar-refractivity contribution in [2.75, 3.05) is 26.2 Å². The Balaban J connectivity index is 1.31. The van der Waals surface area contributed by atoms with E-state index in [0.29, 0.717) is 36.8 Å². The SMILES string of the molecule is CC(=O)N1CCC(c2nc(-c3cncc(C(O)(c4ccc(C(C)C)cc4)C4(C)CN(C5CC5)C4)c3)no2)CC1. The fourth-order valence-electron chi connectivity index (χ4n) is 6.47. The van der Waals surface area contributed by atoms with Crippen molar-refractivity contribution >= 4 is 5.91 Å². The topological polar surface area (TPSA) is 95.6 Å². The molecule has 39 heavy (non-hydrogen) atoms. The highest BCUT2D eigenvalue weighted by molar-refractivity contribution is 5.73. The van der Waals surface area contributed by atoms with Crippen molar-refractivity contribution in [1.29, 1.82) is 0 Å². The van der Waals surface area contributed by atoms with E-state index in [4.69, 9.17) is 9.51 Å². The molecule has 3 aromatic rings. The van der Waals surface area contributed by atoms with Crippen LogP contribution < -0.4 is 0 Å². The Morgan fingerprint density at radius 3 is 2.38 bits per heavy atom. The molecule has 1 amide bonds. The van der Waals surface area contributed by atoms with Gasteiger partial charge in [-0.3, -0.25) is 14.7 Å². The molecule has 3 aliphatic rings. The van der Waals surface area contributed by atoms with Gasteiger partial charge in [0, 0.05) is 74.0 Å². The van der Waals surface area contributed by atoms with E-state index in [1.54, 1.807) is 19.3 Å². The summed E-state index contributed by atoms with van der Waals surface area (Å²) in [7, 11) is 0. The van der Waals surface area contributed by atoms with E-state index >= 15 is 0 Å². The van der Waals surface area contributed by atoms with Gasteiger partial charge in [-0.1, -0.05) is 50.2 Å². The third-order valence-electron chi connectivity index (χ3n) is 9.18. The van der Waals surface area contributed by atoms with Crippen molar-refractivity contribution in [3.05, 3.63) is 65.3 Å². The average molecular weight is 530 g/mol. The molecule has 2 saturated heterocycles. The van der Waals surface area contributed by atoms with Crippen LogP contribution in [0.5, 0.6) is 0 Å². The summed E-state index contributed by atoms with van der Waals surface area (Å²) >= 11 is 0. The monoisotopic (exact) mass is 529 g/mol. The van der Waals surface area contributed by atoms with E-state index in [2.05, 4.69) is 60.1 Å². The Morgan fingerprint density at radius 1 is 1.08 bits per heavy atom. The first-order chi connectivity index (χ1) is 18.7. The summed E-state index contributed by atoms with van der Waals surface area (Å²) in [5.74, 6) is 1.74. The molecule has 1 aromatic carbocycles. The molecule has 3 fully saturated rings. The Morgan fingerprint density at radius 2 is 1.77 bits per heavy atom. The lowest BCUT2D eigenvalue weighted by molar-refractivity contribution is -0.138. The zero-order valence-electron chi connectivity index (χ0n) is 23.4. The largest absolute Gasteiger partial charge is 0.380 e. The average Bonchev–Trinajstić information content (AvgIpc) is 3.65. The van der Waals surface area contributed by atoms with Crippen molar-refractivity contribution < 1.29 is 14.4 Å². The quantitative estimate of drug-likeness (QED) is 0.474. The van der Waals surface area contributed by atoms with Crippen LogP contribution in [0.2, 0.25) is 0 Å². The summed E-state index contributed by atoms with van der Waals surface area (Å²) < 4.78 is 5.69. The van der Waals surface area contributed by atoms with Crippen LogP contribution in [0.25, 0.3) is 11.4 Å². The number of nitrogens with zero attached hydrogens (tertiary/aromatic N) is 5. The minimum absolute atomic E-state index is 0.106. The van der Waals surface area contributed by atoms with Crippen LogP contribution in [-0.2, 0) is 10.4 Å². The third-order valence-corrected chi connectivity index (χ3v) is 9.18. The van der Waals surface area contributed by atoms with Crippen LogP contribution in [0.15, 0.2) is 47.2 Å². The van der Waals surface area contributed by atoms with Gasteiger partial charge in [0.05, 0.1) is 0 Å². The van der Waals surface area contributed by atoms with E-state index in [1.165, 1.54) is 18.4 Å². The second-order valence-corrected chi connectivity index (χ2v) is 12.4. The minimum Gasteiger partial charge on any atom is -0.380 e. The van der Waals surface area contributed by atoms with Crippen molar-refractivity contribution in [3.8, 4) is 11.4 Å². The Labute approximate surface area is 230 Å². The Hall–Kier alpha value is -3.10. The molecule has 1 atom stereocenters. The normalized spacial score (nSPS) is 21.5. The predicted molar refractivity (Wildman–Crippen MR) is 148 cm³/mol. The maximum Gasteiger partial charge on any atom is 0.230 e. The number of rotatable bonds is 7. The molecule has 8 nitrogen and oxygen atoms in total. The van der Waals surface area contributed by atoms with Crippen molar-refractivity contribution in [2.24, 2.45) is 5.41 Å². The number of amides is 1. The van der Waals surface area contributed by atoms with Gasteiger partial charge in [-0.2, -0.15) is 4.98 Å². The smallest absolute Gasteiger partial charge is 0.230 e. The van der Waals surface area contributed by atoms with Gasteiger partial charge >= 0.3 is 0 Å². The van der Waals surface area contributed by atoms with Crippen LogP contribution in [-0.4, -0.2) is 68.2 Å². The fourth-order valence-corrected chi connectivity index (χ4v) is 6.47. The number of carbonyl (C=O) groups excluding carboxylic acids is 1. The Bertz CT molecular complexity index is 1330. The molecule has 4 heterocycles. The summed E-state index contributed by atoms with van der Waals surface area (Å²) in [5, 5.41) is 17.0. The molecule has 206 valence electrons. The maximum absolute atomic E-state index is 12.7. The highest BCUT2D eigenvalue weighted by atomic mass is 16.5. The third kappa shape index (κ3) is 4.67. The van der Waals surface area contributed by atoms with Gasteiger partial charge < -0.3 is 14.5 Å². The zero-order valence-corrected chi connectivity index (χ0v) is 23.4. The molecule has 8 heteroatoms. The van der Waals surface area contributed by atoms with Gasteiger partial charge in [-0.25, -0.2) is 0 Å². The summed E-state index contributed by atoms with van der Waals surface area (Å²) in [5.41, 5.74) is 2.03. The van der Waals surface area contributed by atoms with Crippen LogP contribution in [0.4, 0.5) is 0 Å². The highest BCUT2D eigenvalue weighted by Crippen LogP contribution is 2.53. The lowest BCUT2D eigenvalue weighted by Crippen LogP contribution is -2.65. The number of carbonyl (C=O) groups is 1. The van der Waals surface area contributed by atoms with Gasteiger partial charge in [0.2, 0.25) is 17.6 Å². The van der Waals surface area contributed by atoms with Crippen LogP contribution >= 0.6 is 0 Å². The maximum atomic E-state index is 12.7. The molecular formula is C31H39N5O3. The van der Waals surface area contributed by atoms with E-state index in [0.717, 1.165) is 42.6 Å². The van der Waals surface area contributed by atoms with E-state index in [1.807, 2.05) is 11.0 Å². The second kappa shape index (κ2) is 9.82. The molecule has 2 aromatic heterocycles. The number of hydrogen-bond acceptors (Lipinski definition) is 7. The standard InChI is InChI=1S/C31H39N5O3/c1-20(2)22-5-7-25(8-6-22)31(38,30(4)18-36(19-30)27-9-10-27)26-15-24(16-32-17-26)28-33-29(39-34-28)23-11-13-35(14-12-23)21(3)37/h5-8,15-17,20,23,27,38H,9-14,18-19H2,1-4H3. The summed E-state index contributed by atoms with van der Waals surface area (Å²) in [6.45, 7) is 11.3. The zero-order chi connectivity index (χ0) is 27.4. The number of likely N-dealkylation sites (tertiary alicyclic amines) is 2. The van der Waals surface area contributed by atoms with Crippen LogP contribution in [0.1, 0.15) is 87.8 Å². The van der Waals surface area contributed by atoms with Gasteiger partial charge in [0.25, 0.3) is 0 Å². The molecule has 6 rings (SSSR count). The molecule has 1 aliphatic carbocycles. The number of hydrogen-bond donors (Lipinski definition) is 1. The molecular weight excluding hydrogens is 490 g/mol. The number of aromatic nitrogens is 3. The number of benzene rings is 1. The molecule has 2 aliphatic heterocycles. The molecule has 1 unspecified atom stereocenters. The molecule has 1 N–H and O–H groups in total. The van der Waals surface area contributed by atoms with Gasteiger partial charge in [-0.05, 0) is 48.8 Å². The van der Waals surface area contributed by atoms with Gasteiger partial charge in [-0.15, -0.1) is 0 Å². The number of piperidine rings is 1. The van der Waals surface area contributed by atoms with E-state index in [-0.39, 0.29) is 17.2 Å². The van der Waals surface area contributed by atoms with Gasteiger partial charge in [0.15, 0.2) is 0 Å². The van der Waals surface area contributed by atoms with E-state index in [9.17, 15) is 9.90 Å². The highest BCUT2D eigenvalue weighted by Gasteiger charge is 2.58. The molecule has 0 radical (unpaired) electrons. The van der Waals surface area contributed by atoms with Crippen molar-refractivity contribution in [2.45, 2.75) is 76.9 Å². The first-order valence-corrected chi connectivity index (χ1v) is 14.3. The van der Waals surface area contributed by atoms with Crippen LogP contribution in [0, 0.1) is 5.41 Å².